The first-order chi connectivity index (χ1) is 13.8. The summed E-state index contributed by atoms with van der Waals surface area (Å²) < 4.78 is 0. The normalized spacial score (nSPS) is 22.3. The second-order valence-electron chi connectivity index (χ2n) is 8.55. The van der Waals surface area contributed by atoms with Crippen molar-refractivity contribution in [2.24, 2.45) is 0 Å². The monoisotopic (exact) mass is 406 g/mol. The second kappa shape index (κ2) is 7.38. The Labute approximate surface area is 176 Å². The summed E-state index contributed by atoms with van der Waals surface area (Å²) in [5.74, 6) is 0.227. The third kappa shape index (κ3) is 3.71. The van der Waals surface area contributed by atoms with E-state index in [1.165, 1.54) is 16.2 Å². The molecule has 2 amide bonds. The van der Waals surface area contributed by atoms with Gasteiger partial charge >= 0.3 is 0 Å². The Bertz CT molecular complexity index is 997. The van der Waals surface area contributed by atoms with Gasteiger partial charge in [-0.3, -0.25) is 14.5 Å². The molecule has 1 saturated heterocycles. The molecular formula is C24H26N2O2S. The summed E-state index contributed by atoms with van der Waals surface area (Å²) >= 11 is 1.02. The van der Waals surface area contributed by atoms with Crippen LogP contribution in [0.15, 0.2) is 53.4 Å². The number of nitrogens with zero attached hydrogens (tertiary/aromatic N) is 2. The Kier molecular flexibility index (Phi) is 5.03. The molecule has 5 heteroatoms. The molecule has 0 N–H and O–H groups in total. The molecule has 2 heterocycles. The smallest absolute Gasteiger partial charge is 0.293 e. The van der Waals surface area contributed by atoms with Crippen LogP contribution in [0.5, 0.6) is 0 Å². The summed E-state index contributed by atoms with van der Waals surface area (Å²) in [5.41, 5.74) is 4.57. The summed E-state index contributed by atoms with van der Waals surface area (Å²) in [6.07, 6.45) is 2.93. The number of carbonyl (C=O) groups is 2. The highest BCUT2D eigenvalue weighted by atomic mass is 32.2. The minimum atomic E-state index is -0.215. The van der Waals surface area contributed by atoms with Crippen LogP contribution in [0.1, 0.15) is 49.8 Å². The fraction of sp³-hybridized carbons (Fsp3) is 0.333. The van der Waals surface area contributed by atoms with Crippen molar-refractivity contribution in [1.29, 1.82) is 0 Å². The second-order valence-corrected chi connectivity index (χ2v) is 9.54. The molecule has 0 bridgehead atoms. The zero-order chi connectivity index (χ0) is 20.8. The van der Waals surface area contributed by atoms with Crippen LogP contribution in [-0.4, -0.2) is 28.6 Å². The fourth-order valence-electron chi connectivity index (χ4n) is 4.24. The number of hydrogen-bond acceptors (Lipinski definition) is 4. The lowest BCUT2D eigenvalue weighted by Crippen LogP contribution is -2.45. The van der Waals surface area contributed by atoms with Gasteiger partial charge in [0.25, 0.3) is 11.1 Å². The molecule has 0 aromatic heterocycles. The lowest BCUT2D eigenvalue weighted by Gasteiger charge is -2.45. The van der Waals surface area contributed by atoms with Crippen molar-refractivity contribution in [2.75, 3.05) is 11.9 Å². The van der Waals surface area contributed by atoms with Crippen molar-refractivity contribution in [2.45, 2.75) is 45.2 Å². The Morgan fingerprint density at radius 3 is 2.59 bits per heavy atom. The standard InChI is InChI=1S/C24H26N2O2S/c1-16-14-24(2,3)25(4)20-11-10-18(12-19(16)20)13-21-22(27)26(23(28)29-21)15-17-8-6-5-7-9-17/h5-13,16H,14-15H2,1-4H3/b21-13-/t16-/m1/s1. The molecule has 0 radical (unpaired) electrons. The maximum atomic E-state index is 12.8. The van der Waals surface area contributed by atoms with Crippen LogP contribution >= 0.6 is 11.8 Å². The summed E-state index contributed by atoms with van der Waals surface area (Å²) in [6.45, 7) is 7.10. The summed E-state index contributed by atoms with van der Waals surface area (Å²) in [5, 5.41) is -0.210. The molecule has 2 aliphatic heterocycles. The summed E-state index contributed by atoms with van der Waals surface area (Å²) in [7, 11) is 2.14. The van der Waals surface area contributed by atoms with Crippen LogP contribution in [0.3, 0.4) is 0 Å². The van der Waals surface area contributed by atoms with Gasteiger partial charge in [0, 0.05) is 18.3 Å². The lowest BCUT2D eigenvalue weighted by molar-refractivity contribution is -0.123. The van der Waals surface area contributed by atoms with E-state index in [2.05, 4.69) is 44.9 Å². The van der Waals surface area contributed by atoms with Gasteiger partial charge in [-0.25, -0.2) is 0 Å². The van der Waals surface area contributed by atoms with Crippen LogP contribution in [0, 0.1) is 0 Å². The molecule has 2 aliphatic rings. The molecule has 150 valence electrons. The molecule has 0 spiro atoms. The first-order valence-corrected chi connectivity index (χ1v) is 10.7. The zero-order valence-corrected chi connectivity index (χ0v) is 18.1. The van der Waals surface area contributed by atoms with E-state index in [1.54, 1.807) is 0 Å². The first kappa shape index (κ1) is 19.8. The van der Waals surface area contributed by atoms with Crippen LogP contribution in [0.25, 0.3) is 6.08 Å². The van der Waals surface area contributed by atoms with Gasteiger partial charge in [0.15, 0.2) is 0 Å². The highest BCUT2D eigenvalue weighted by molar-refractivity contribution is 8.18. The molecule has 1 fully saturated rings. The van der Waals surface area contributed by atoms with Gasteiger partial charge in [-0.1, -0.05) is 43.3 Å². The van der Waals surface area contributed by atoms with Gasteiger partial charge in [-0.2, -0.15) is 0 Å². The molecule has 0 unspecified atom stereocenters. The van der Waals surface area contributed by atoms with Gasteiger partial charge in [0.1, 0.15) is 0 Å². The molecule has 0 saturated carbocycles. The van der Waals surface area contributed by atoms with E-state index in [0.29, 0.717) is 17.4 Å². The maximum absolute atomic E-state index is 12.8. The van der Waals surface area contributed by atoms with E-state index < -0.39 is 0 Å². The van der Waals surface area contributed by atoms with Gasteiger partial charge in [0.05, 0.1) is 11.4 Å². The number of carbonyl (C=O) groups excluding carboxylic acids is 2. The Hall–Kier alpha value is -2.53. The van der Waals surface area contributed by atoms with Crippen LogP contribution in [0.4, 0.5) is 10.5 Å². The minimum Gasteiger partial charge on any atom is -0.369 e. The predicted molar refractivity (Wildman–Crippen MR) is 120 cm³/mol. The number of benzene rings is 2. The SMILES string of the molecule is C[C@@H]1CC(C)(C)N(C)c2ccc(/C=C3\SC(=O)N(Cc4ccccc4)C3=O)cc21. The number of hydrogen-bond donors (Lipinski definition) is 0. The Morgan fingerprint density at radius 2 is 1.86 bits per heavy atom. The number of thioether (sulfide) groups is 1. The van der Waals surface area contributed by atoms with E-state index in [4.69, 9.17) is 0 Å². The average Bonchev–Trinajstić information content (AvgIpc) is 2.94. The van der Waals surface area contributed by atoms with Crippen molar-refractivity contribution in [3.63, 3.8) is 0 Å². The van der Waals surface area contributed by atoms with Crippen molar-refractivity contribution in [3.8, 4) is 0 Å². The van der Waals surface area contributed by atoms with Crippen molar-refractivity contribution < 1.29 is 9.59 Å². The molecule has 2 aromatic rings. The van der Waals surface area contributed by atoms with Crippen molar-refractivity contribution in [3.05, 3.63) is 70.1 Å². The fourth-order valence-corrected chi connectivity index (χ4v) is 5.08. The Morgan fingerprint density at radius 1 is 1.14 bits per heavy atom. The first-order valence-electron chi connectivity index (χ1n) is 9.93. The van der Waals surface area contributed by atoms with Crippen LogP contribution < -0.4 is 4.90 Å². The molecule has 4 nitrogen and oxygen atoms in total. The predicted octanol–water partition coefficient (Wildman–Crippen LogP) is 5.65. The van der Waals surface area contributed by atoms with E-state index in [9.17, 15) is 9.59 Å². The van der Waals surface area contributed by atoms with Crippen LogP contribution in [0.2, 0.25) is 0 Å². The number of fused-ring (bicyclic) bond motifs is 1. The molecule has 0 aliphatic carbocycles. The average molecular weight is 407 g/mol. The van der Waals surface area contributed by atoms with Crippen LogP contribution in [-0.2, 0) is 11.3 Å². The largest absolute Gasteiger partial charge is 0.369 e. The van der Waals surface area contributed by atoms with E-state index >= 15 is 0 Å². The summed E-state index contributed by atoms with van der Waals surface area (Å²) in [6, 6.07) is 15.9. The molecular weight excluding hydrogens is 380 g/mol. The van der Waals surface area contributed by atoms with E-state index in [-0.39, 0.29) is 16.7 Å². The lowest BCUT2D eigenvalue weighted by atomic mass is 9.80. The highest BCUT2D eigenvalue weighted by Gasteiger charge is 2.36. The number of rotatable bonds is 3. The third-order valence-electron chi connectivity index (χ3n) is 6.01. The topological polar surface area (TPSA) is 40.6 Å². The molecule has 29 heavy (non-hydrogen) atoms. The van der Waals surface area contributed by atoms with Crippen molar-refractivity contribution in [1.82, 2.24) is 4.90 Å². The number of imide groups is 1. The maximum Gasteiger partial charge on any atom is 0.293 e. The van der Waals surface area contributed by atoms with E-state index in [1.807, 2.05) is 42.5 Å². The van der Waals surface area contributed by atoms with Gasteiger partial charge in [-0.05, 0) is 72.8 Å². The van der Waals surface area contributed by atoms with Gasteiger partial charge in [-0.15, -0.1) is 0 Å². The van der Waals surface area contributed by atoms with Gasteiger partial charge in [0.2, 0.25) is 0 Å². The Balaban J connectivity index is 1.60. The quantitative estimate of drug-likeness (QED) is 0.618. The van der Waals surface area contributed by atoms with Gasteiger partial charge < -0.3 is 4.90 Å². The van der Waals surface area contributed by atoms with E-state index in [0.717, 1.165) is 29.3 Å². The highest BCUT2D eigenvalue weighted by Crippen LogP contribution is 2.43. The number of anilines is 1. The molecule has 2 aromatic carbocycles. The van der Waals surface area contributed by atoms with Crippen molar-refractivity contribution >= 4 is 34.7 Å². The zero-order valence-electron chi connectivity index (χ0n) is 17.3. The summed E-state index contributed by atoms with van der Waals surface area (Å²) in [4.78, 5) is 29.4. The minimum absolute atomic E-state index is 0.119. The molecule has 4 rings (SSSR count). The number of amides is 2. The molecule has 1 atom stereocenters. The third-order valence-corrected chi connectivity index (χ3v) is 6.92.